The number of methoxy groups -OCH3 is 1. The topological polar surface area (TPSA) is 79.9 Å². The second kappa shape index (κ2) is 9.24. The number of benzene rings is 1. The number of nitrogens with one attached hydrogen (secondary N) is 2. The van der Waals surface area contributed by atoms with Crippen LogP contribution in [-0.2, 0) is 14.3 Å². The SMILES string of the molecule is COC(=O)c1ccc(NC(=O)CNCCN2CCOCC2)cc1. The van der Waals surface area contributed by atoms with Crippen molar-refractivity contribution in [3.63, 3.8) is 0 Å². The van der Waals surface area contributed by atoms with Gasteiger partial charge in [-0.15, -0.1) is 0 Å². The molecule has 2 rings (SSSR count). The van der Waals surface area contributed by atoms with E-state index in [2.05, 4.69) is 20.3 Å². The molecule has 0 bridgehead atoms. The lowest BCUT2D eigenvalue weighted by Crippen LogP contribution is -2.41. The summed E-state index contributed by atoms with van der Waals surface area (Å²) in [6, 6.07) is 6.59. The van der Waals surface area contributed by atoms with Crippen molar-refractivity contribution in [1.29, 1.82) is 0 Å². The quantitative estimate of drug-likeness (QED) is 0.557. The highest BCUT2D eigenvalue weighted by Crippen LogP contribution is 2.10. The van der Waals surface area contributed by atoms with Crippen LogP contribution >= 0.6 is 0 Å². The van der Waals surface area contributed by atoms with E-state index in [1.165, 1.54) is 7.11 Å². The lowest BCUT2D eigenvalue weighted by Gasteiger charge is -2.26. The molecule has 1 amide bonds. The minimum absolute atomic E-state index is 0.113. The van der Waals surface area contributed by atoms with Gasteiger partial charge in [-0.2, -0.15) is 0 Å². The van der Waals surface area contributed by atoms with Gasteiger partial charge in [0.15, 0.2) is 0 Å². The van der Waals surface area contributed by atoms with Gasteiger partial charge in [-0.3, -0.25) is 9.69 Å². The van der Waals surface area contributed by atoms with Crippen molar-refractivity contribution in [3.8, 4) is 0 Å². The van der Waals surface area contributed by atoms with Gasteiger partial charge in [0, 0.05) is 31.9 Å². The highest BCUT2D eigenvalue weighted by atomic mass is 16.5. The predicted octanol–water partition coefficient (Wildman–Crippen LogP) is 0.334. The summed E-state index contributed by atoms with van der Waals surface area (Å²) < 4.78 is 9.91. The Hall–Kier alpha value is -1.96. The molecule has 1 fully saturated rings. The van der Waals surface area contributed by atoms with Crippen LogP contribution in [0, 0.1) is 0 Å². The molecule has 2 N–H and O–H groups in total. The number of hydrogen-bond donors (Lipinski definition) is 2. The van der Waals surface area contributed by atoms with Gasteiger partial charge in [0.25, 0.3) is 0 Å². The predicted molar refractivity (Wildman–Crippen MR) is 86.5 cm³/mol. The molecule has 1 saturated heterocycles. The number of rotatable bonds is 7. The Morgan fingerprint density at radius 2 is 1.91 bits per heavy atom. The molecule has 0 saturated carbocycles. The van der Waals surface area contributed by atoms with Crippen molar-refractivity contribution in [3.05, 3.63) is 29.8 Å². The molecule has 126 valence electrons. The van der Waals surface area contributed by atoms with Crippen molar-refractivity contribution >= 4 is 17.6 Å². The molecule has 7 nitrogen and oxygen atoms in total. The Balaban J connectivity index is 1.65. The number of anilines is 1. The zero-order chi connectivity index (χ0) is 16.5. The van der Waals surface area contributed by atoms with Crippen LogP contribution < -0.4 is 10.6 Å². The number of amides is 1. The fourth-order valence-electron chi connectivity index (χ4n) is 2.28. The normalized spacial score (nSPS) is 15.2. The molecule has 0 radical (unpaired) electrons. The Labute approximate surface area is 135 Å². The molecule has 1 aromatic carbocycles. The summed E-state index contributed by atoms with van der Waals surface area (Å²) in [6.45, 7) is 5.37. The maximum atomic E-state index is 11.8. The van der Waals surface area contributed by atoms with E-state index in [0.29, 0.717) is 11.3 Å². The minimum atomic E-state index is -0.396. The Morgan fingerprint density at radius 1 is 1.22 bits per heavy atom. The number of carbonyl (C=O) groups excluding carboxylic acids is 2. The van der Waals surface area contributed by atoms with Gasteiger partial charge < -0.3 is 20.1 Å². The zero-order valence-electron chi connectivity index (χ0n) is 13.3. The molecule has 0 atom stereocenters. The van der Waals surface area contributed by atoms with Crippen LogP contribution in [0.5, 0.6) is 0 Å². The highest BCUT2D eigenvalue weighted by molar-refractivity contribution is 5.93. The summed E-state index contributed by atoms with van der Waals surface area (Å²) in [7, 11) is 1.33. The first-order valence-electron chi connectivity index (χ1n) is 7.68. The summed E-state index contributed by atoms with van der Waals surface area (Å²) >= 11 is 0. The summed E-state index contributed by atoms with van der Waals surface area (Å²) in [5.74, 6) is -0.509. The van der Waals surface area contributed by atoms with E-state index in [9.17, 15) is 9.59 Å². The van der Waals surface area contributed by atoms with Crippen molar-refractivity contribution in [1.82, 2.24) is 10.2 Å². The van der Waals surface area contributed by atoms with E-state index in [1.54, 1.807) is 24.3 Å². The Kier molecular flexibility index (Phi) is 6.99. The first-order valence-corrected chi connectivity index (χ1v) is 7.68. The number of hydrogen-bond acceptors (Lipinski definition) is 6. The number of morpholine rings is 1. The number of nitrogens with zero attached hydrogens (tertiary/aromatic N) is 1. The van der Waals surface area contributed by atoms with Crippen LogP contribution in [0.15, 0.2) is 24.3 Å². The third-order valence-electron chi connectivity index (χ3n) is 3.58. The van der Waals surface area contributed by atoms with Crippen molar-refractivity contribution in [2.75, 3.05) is 58.4 Å². The third-order valence-corrected chi connectivity index (χ3v) is 3.58. The molecule has 0 aromatic heterocycles. The van der Waals surface area contributed by atoms with E-state index in [-0.39, 0.29) is 12.5 Å². The first-order chi connectivity index (χ1) is 11.2. The Bertz CT molecular complexity index is 513. The van der Waals surface area contributed by atoms with E-state index < -0.39 is 5.97 Å². The lowest BCUT2D eigenvalue weighted by molar-refractivity contribution is -0.115. The third kappa shape index (κ3) is 5.97. The molecule has 1 heterocycles. The average Bonchev–Trinajstić information content (AvgIpc) is 2.59. The molecule has 1 aliphatic heterocycles. The van der Waals surface area contributed by atoms with Crippen molar-refractivity contribution < 1.29 is 19.1 Å². The summed E-state index contributed by atoms with van der Waals surface area (Å²) in [5.41, 5.74) is 1.10. The number of esters is 1. The van der Waals surface area contributed by atoms with Crippen LogP contribution in [0.2, 0.25) is 0 Å². The van der Waals surface area contributed by atoms with Gasteiger partial charge in [0.05, 0.1) is 32.4 Å². The molecule has 0 aliphatic carbocycles. The smallest absolute Gasteiger partial charge is 0.337 e. The highest BCUT2D eigenvalue weighted by Gasteiger charge is 2.10. The van der Waals surface area contributed by atoms with Crippen LogP contribution in [0.25, 0.3) is 0 Å². The molecular weight excluding hydrogens is 298 g/mol. The van der Waals surface area contributed by atoms with Gasteiger partial charge >= 0.3 is 5.97 Å². The van der Waals surface area contributed by atoms with Crippen molar-refractivity contribution in [2.45, 2.75) is 0 Å². The lowest BCUT2D eigenvalue weighted by atomic mass is 10.2. The first kappa shape index (κ1) is 17.4. The van der Waals surface area contributed by atoms with E-state index in [0.717, 1.165) is 39.4 Å². The molecule has 0 unspecified atom stereocenters. The maximum absolute atomic E-state index is 11.8. The molecule has 1 aliphatic rings. The summed E-state index contributed by atoms with van der Waals surface area (Å²) in [6.07, 6.45) is 0. The second-order valence-corrected chi connectivity index (χ2v) is 5.25. The van der Waals surface area contributed by atoms with Gasteiger partial charge in [-0.25, -0.2) is 4.79 Å². The number of carbonyl (C=O) groups is 2. The average molecular weight is 321 g/mol. The monoisotopic (exact) mass is 321 g/mol. The maximum Gasteiger partial charge on any atom is 0.337 e. The van der Waals surface area contributed by atoms with E-state index >= 15 is 0 Å². The molecule has 1 aromatic rings. The van der Waals surface area contributed by atoms with Gasteiger partial charge in [-0.05, 0) is 24.3 Å². The molecule has 0 spiro atoms. The van der Waals surface area contributed by atoms with Crippen LogP contribution in [0.4, 0.5) is 5.69 Å². The van der Waals surface area contributed by atoms with Gasteiger partial charge in [-0.1, -0.05) is 0 Å². The van der Waals surface area contributed by atoms with Crippen LogP contribution in [0.3, 0.4) is 0 Å². The molecule has 7 heteroatoms. The van der Waals surface area contributed by atoms with E-state index in [4.69, 9.17) is 4.74 Å². The summed E-state index contributed by atoms with van der Waals surface area (Å²) in [4.78, 5) is 25.5. The van der Waals surface area contributed by atoms with E-state index in [1.807, 2.05) is 0 Å². The molecule has 23 heavy (non-hydrogen) atoms. The van der Waals surface area contributed by atoms with Gasteiger partial charge in [0.1, 0.15) is 0 Å². The fraction of sp³-hybridized carbons (Fsp3) is 0.500. The Morgan fingerprint density at radius 3 is 2.57 bits per heavy atom. The van der Waals surface area contributed by atoms with Gasteiger partial charge in [0.2, 0.25) is 5.91 Å². The van der Waals surface area contributed by atoms with Crippen molar-refractivity contribution in [2.24, 2.45) is 0 Å². The minimum Gasteiger partial charge on any atom is -0.465 e. The van der Waals surface area contributed by atoms with Crippen LogP contribution in [-0.4, -0.2) is 69.8 Å². The number of ether oxygens (including phenoxy) is 2. The zero-order valence-corrected chi connectivity index (χ0v) is 13.3. The van der Waals surface area contributed by atoms with Crippen LogP contribution in [0.1, 0.15) is 10.4 Å². The standard InChI is InChI=1S/C16H23N3O4/c1-22-16(21)13-2-4-14(5-3-13)18-15(20)12-17-6-7-19-8-10-23-11-9-19/h2-5,17H,6-12H2,1H3,(H,18,20). The molecular formula is C16H23N3O4. The summed E-state index contributed by atoms with van der Waals surface area (Å²) in [5, 5.41) is 5.90. The fourth-order valence-corrected chi connectivity index (χ4v) is 2.28. The largest absolute Gasteiger partial charge is 0.465 e. The second-order valence-electron chi connectivity index (χ2n) is 5.25.